The van der Waals surface area contributed by atoms with E-state index in [0.717, 1.165) is 33.4 Å². The molecule has 0 aromatic rings. The molecular formula is C63H76O22. The summed E-state index contributed by atoms with van der Waals surface area (Å²) in [6.45, 7) is 17.0. The molecule has 22 heteroatoms. The van der Waals surface area contributed by atoms with Gasteiger partial charge in [-0.25, -0.2) is 9.59 Å². The summed E-state index contributed by atoms with van der Waals surface area (Å²) in [4.78, 5) is 135. The number of carbonyl (C=O) groups excluding carboxylic acids is 11. The highest BCUT2D eigenvalue weighted by Gasteiger charge is 2.48. The van der Waals surface area contributed by atoms with Crippen LogP contribution < -0.4 is 0 Å². The largest absolute Gasteiger partial charge is 0.465 e. The molecule has 2 heterocycles. The highest BCUT2D eigenvalue weighted by atomic mass is 16.6. The van der Waals surface area contributed by atoms with Crippen LogP contribution in [0, 0.1) is 10.8 Å². The van der Waals surface area contributed by atoms with E-state index in [2.05, 4.69) is 9.47 Å². The minimum Gasteiger partial charge on any atom is -0.465 e. The lowest BCUT2D eigenvalue weighted by Crippen LogP contribution is -2.39. The summed E-state index contributed by atoms with van der Waals surface area (Å²) >= 11 is 0. The molecule has 0 saturated carbocycles. The van der Waals surface area contributed by atoms with Crippen LogP contribution in [0.5, 0.6) is 0 Å². The standard InChI is InChI=1S/C63H76O22/c1-35(17-13-19-37(3)21-23-41-39(5)52(71)45(31-62(41,7)8)82-50(69)27-25-47(66)79-30-29-49(68)81-34-44(65)59-55(74)57(76)61(78)85-59)15-11-12-16-36(2)18-14-20-38(4)22-24-42-40(6)53(72)46(32-63(42,9)10)83-51(70)28-26-48(67)80-33-43(64)58-54(73)56(75)60(77)84-58/h11-24,43-46,56-59,64-65,75-76H,25-34H2,1-10H3/b12-11+,17-13+,18-14+,23-21+,24-22+,35-15+,36-16+,37-19+,38-20-. The van der Waals surface area contributed by atoms with E-state index in [1.165, 1.54) is 0 Å². The third-order valence-corrected chi connectivity index (χ3v) is 14.0. The molecule has 4 rings (SSSR count). The molecular weight excluding hydrogens is 1110 g/mol. The van der Waals surface area contributed by atoms with Crippen molar-refractivity contribution in [2.45, 2.75) is 163 Å². The lowest BCUT2D eigenvalue weighted by atomic mass is 9.71. The summed E-state index contributed by atoms with van der Waals surface area (Å²) in [7, 11) is 0. The number of esters is 7. The van der Waals surface area contributed by atoms with E-state index in [-0.39, 0.29) is 37.2 Å². The van der Waals surface area contributed by atoms with Crippen molar-refractivity contribution < 1.29 is 106 Å². The van der Waals surface area contributed by atoms with Crippen molar-refractivity contribution >= 4 is 64.9 Å². The fraction of sp³-hybridized carbons (Fsp3) is 0.476. The number of hydrogen-bond donors (Lipinski definition) is 4. The molecule has 2 saturated heterocycles. The Balaban J connectivity index is 1.17. The van der Waals surface area contributed by atoms with E-state index in [1.807, 2.05) is 140 Å². The van der Waals surface area contributed by atoms with Gasteiger partial charge in [0.05, 0.1) is 32.1 Å². The predicted octanol–water partition coefficient (Wildman–Crippen LogP) is 5.02. The number of Topliss-reactive ketones (excluding diaryl/α,β-unsaturated/α-hetero) is 4. The number of aliphatic hydroxyl groups excluding tert-OH is 4. The van der Waals surface area contributed by atoms with E-state index in [9.17, 15) is 73.2 Å². The molecule has 8 atom stereocenters. The molecule has 0 radical (unpaired) electrons. The van der Waals surface area contributed by atoms with Gasteiger partial charge in [-0.3, -0.25) is 43.2 Å². The van der Waals surface area contributed by atoms with Gasteiger partial charge in [0, 0.05) is 12.8 Å². The maximum absolute atomic E-state index is 13.4. The molecule has 4 N–H and O–H groups in total. The summed E-state index contributed by atoms with van der Waals surface area (Å²) in [5, 5.41) is 38.8. The van der Waals surface area contributed by atoms with Crippen molar-refractivity contribution in [2.75, 3.05) is 19.8 Å². The highest BCUT2D eigenvalue weighted by Crippen LogP contribution is 2.42. The molecule has 0 spiro atoms. The lowest BCUT2D eigenvalue weighted by Gasteiger charge is -2.36. The van der Waals surface area contributed by atoms with Crippen LogP contribution in [0.15, 0.2) is 130 Å². The van der Waals surface area contributed by atoms with Crippen LogP contribution >= 0.6 is 0 Å². The van der Waals surface area contributed by atoms with Gasteiger partial charge in [-0.2, -0.15) is 0 Å². The number of allylic oxidation sites excluding steroid dienone is 20. The Bertz CT molecular complexity index is 2980. The fourth-order valence-electron chi connectivity index (χ4n) is 9.17. The number of carbonyl (C=O) groups is 11. The number of ketones is 4. The molecule has 4 aliphatic rings. The Kier molecular flexibility index (Phi) is 25.9. The first-order valence-electron chi connectivity index (χ1n) is 27.5. The van der Waals surface area contributed by atoms with E-state index < -0.39 is 152 Å². The second-order valence-electron chi connectivity index (χ2n) is 22.1. The van der Waals surface area contributed by atoms with Crippen LogP contribution in [-0.4, -0.2) is 154 Å². The van der Waals surface area contributed by atoms with Crippen LogP contribution in [0.25, 0.3) is 0 Å². The van der Waals surface area contributed by atoms with Crippen LogP contribution in [0.2, 0.25) is 0 Å². The average molecular weight is 1190 g/mol. The summed E-state index contributed by atoms with van der Waals surface area (Å²) in [6.07, 6.45) is 12.4. The second kappa shape index (κ2) is 31.7. The molecule has 8 unspecified atom stereocenters. The number of cyclic esters (lactones) is 2. The molecule has 0 aromatic heterocycles. The van der Waals surface area contributed by atoms with Gasteiger partial charge >= 0.3 is 41.8 Å². The fourth-order valence-corrected chi connectivity index (χ4v) is 9.17. The number of hydrogen-bond acceptors (Lipinski definition) is 22. The van der Waals surface area contributed by atoms with Crippen molar-refractivity contribution in [3.63, 3.8) is 0 Å². The molecule has 22 nitrogen and oxygen atoms in total. The van der Waals surface area contributed by atoms with Crippen molar-refractivity contribution in [2.24, 2.45) is 10.8 Å². The van der Waals surface area contributed by atoms with Gasteiger partial charge in [-0.1, -0.05) is 135 Å². The van der Waals surface area contributed by atoms with Gasteiger partial charge in [-0.15, -0.1) is 0 Å². The Labute approximate surface area is 493 Å². The smallest absolute Gasteiger partial charge is 0.343 e. The molecule has 2 aliphatic carbocycles. The third kappa shape index (κ3) is 20.9. The first-order valence-corrected chi connectivity index (χ1v) is 27.5. The van der Waals surface area contributed by atoms with E-state index in [4.69, 9.17) is 23.7 Å². The van der Waals surface area contributed by atoms with Gasteiger partial charge < -0.3 is 53.6 Å². The number of aliphatic hydroxyl groups is 4. The summed E-state index contributed by atoms with van der Waals surface area (Å²) in [5.74, 6) is -9.48. The molecule has 0 aromatic carbocycles. The topological polar surface area (TPSA) is 333 Å². The number of ether oxygens (including phenoxy) is 7. The maximum Gasteiger partial charge on any atom is 0.343 e. The molecule has 2 fully saturated rings. The van der Waals surface area contributed by atoms with Crippen molar-refractivity contribution in [1.29, 1.82) is 0 Å². The van der Waals surface area contributed by atoms with Crippen LogP contribution in [-0.2, 0) is 85.9 Å². The zero-order valence-corrected chi connectivity index (χ0v) is 49.4. The highest BCUT2D eigenvalue weighted by molar-refractivity contribution is 6.10. The zero-order chi connectivity index (χ0) is 63.5. The van der Waals surface area contributed by atoms with E-state index >= 15 is 0 Å². The van der Waals surface area contributed by atoms with Gasteiger partial charge in [0.25, 0.3) is 0 Å². The molecule has 0 bridgehead atoms. The molecule has 2 aliphatic heterocycles. The maximum atomic E-state index is 13.4. The van der Waals surface area contributed by atoms with Crippen molar-refractivity contribution in [3.05, 3.63) is 130 Å². The van der Waals surface area contributed by atoms with E-state index in [1.54, 1.807) is 13.8 Å². The van der Waals surface area contributed by atoms with E-state index in [0.29, 0.717) is 11.1 Å². The minimum atomic E-state index is -2.02. The molecule has 0 amide bonds. The monoisotopic (exact) mass is 1180 g/mol. The average Bonchev–Trinajstić information content (AvgIpc) is 2.28. The Morgan fingerprint density at radius 2 is 0.835 bits per heavy atom. The van der Waals surface area contributed by atoms with Gasteiger partial charge in [0.2, 0.25) is 23.8 Å². The lowest BCUT2D eigenvalue weighted by molar-refractivity contribution is -0.161. The summed E-state index contributed by atoms with van der Waals surface area (Å²) < 4.78 is 34.8. The summed E-state index contributed by atoms with van der Waals surface area (Å²) in [5.41, 5.74) is 5.20. The minimum absolute atomic E-state index is 0.205. The molecule has 85 heavy (non-hydrogen) atoms. The first kappa shape index (κ1) is 69.4. The van der Waals surface area contributed by atoms with Gasteiger partial charge in [-0.05, 0) is 74.7 Å². The normalized spacial score (nSPS) is 24.1. The Morgan fingerprint density at radius 3 is 1.20 bits per heavy atom. The van der Waals surface area contributed by atoms with Crippen LogP contribution in [0.4, 0.5) is 0 Å². The Hall–Kier alpha value is -8.05. The molecule has 460 valence electrons. The van der Waals surface area contributed by atoms with Crippen LogP contribution in [0.3, 0.4) is 0 Å². The van der Waals surface area contributed by atoms with Gasteiger partial charge in [0.15, 0.2) is 36.0 Å². The predicted molar refractivity (Wildman–Crippen MR) is 302 cm³/mol. The number of rotatable bonds is 27. The third-order valence-electron chi connectivity index (χ3n) is 14.0. The first-order chi connectivity index (χ1) is 39.8. The SMILES string of the molecule is CC1=C(/C=C/C(C)=C/C=C/C(C)=C/C=C/C=C(C)/C=C/C=C(C)\C=C\C2=C(C)C(=O)C(OC(=O)CCC(=O)OCC(O)C3OC(=O)C(O)C3=O)CC2(C)C)C(C)(C)CC(OC(=O)CCC(=O)OCCC(=O)OCC(O)C2OC(=O)C(O)C2=O)C1=O. The van der Waals surface area contributed by atoms with Crippen molar-refractivity contribution in [3.8, 4) is 0 Å². The second-order valence-corrected chi connectivity index (χ2v) is 22.1. The van der Waals surface area contributed by atoms with Gasteiger partial charge in [0.1, 0.15) is 32.0 Å². The zero-order valence-electron chi connectivity index (χ0n) is 49.4. The Morgan fingerprint density at radius 1 is 0.506 bits per heavy atom. The van der Waals surface area contributed by atoms with Crippen LogP contribution in [0.1, 0.15) is 114 Å². The summed E-state index contributed by atoms with van der Waals surface area (Å²) in [6, 6.07) is 0. The quantitative estimate of drug-likeness (QED) is 0.0363. The van der Waals surface area contributed by atoms with Crippen molar-refractivity contribution in [1.82, 2.24) is 0 Å².